The predicted molar refractivity (Wildman–Crippen MR) is 111 cm³/mol. The third-order valence-corrected chi connectivity index (χ3v) is 5.38. The van der Waals surface area contributed by atoms with Gasteiger partial charge in [-0.25, -0.2) is 0 Å². The smallest absolute Gasteiger partial charge is 0.247 e. The number of para-hydroxylation sites is 1. The topological polar surface area (TPSA) is 69.2 Å². The van der Waals surface area contributed by atoms with E-state index >= 15 is 0 Å². The van der Waals surface area contributed by atoms with Crippen molar-refractivity contribution in [1.29, 1.82) is 0 Å². The van der Waals surface area contributed by atoms with Gasteiger partial charge in [0.05, 0.1) is 7.11 Å². The molecule has 1 aliphatic rings. The van der Waals surface area contributed by atoms with Crippen LogP contribution >= 0.6 is 11.8 Å². The van der Waals surface area contributed by atoms with Crippen LogP contribution in [0.25, 0.3) is 11.3 Å². The van der Waals surface area contributed by atoms with Crippen molar-refractivity contribution in [3.63, 3.8) is 0 Å². The molecule has 0 unspecified atom stereocenters. The molecule has 0 aliphatic carbocycles. The van der Waals surface area contributed by atoms with Crippen LogP contribution < -0.4 is 14.8 Å². The van der Waals surface area contributed by atoms with Crippen LogP contribution in [0.4, 0.5) is 5.69 Å². The summed E-state index contributed by atoms with van der Waals surface area (Å²) in [7, 11) is 1.65. The minimum absolute atomic E-state index is 0.414. The van der Waals surface area contributed by atoms with Gasteiger partial charge in [0.1, 0.15) is 5.75 Å². The van der Waals surface area contributed by atoms with E-state index < -0.39 is 6.23 Å². The van der Waals surface area contributed by atoms with Crippen LogP contribution in [-0.4, -0.2) is 28.0 Å². The van der Waals surface area contributed by atoms with Crippen LogP contribution in [0, 0.1) is 0 Å². The number of thioether (sulfide) groups is 1. The maximum atomic E-state index is 6.28. The number of hydrogen-bond acceptors (Lipinski definition) is 7. The SMILES string of the molecule is CCCCSc1nnc2c(n1)O[C@@H](c1cccc(OC)c1)Nc1ccccc1-2. The van der Waals surface area contributed by atoms with Crippen molar-refractivity contribution in [2.24, 2.45) is 0 Å². The lowest BCUT2D eigenvalue weighted by atomic mass is 10.1. The van der Waals surface area contributed by atoms with Gasteiger partial charge in [0, 0.05) is 22.6 Å². The Morgan fingerprint density at radius 3 is 2.89 bits per heavy atom. The monoisotopic (exact) mass is 394 g/mol. The Morgan fingerprint density at radius 1 is 1.14 bits per heavy atom. The summed E-state index contributed by atoms with van der Waals surface area (Å²) in [4.78, 5) is 4.66. The number of aromatic nitrogens is 3. The second-order valence-electron chi connectivity index (χ2n) is 6.41. The summed E-state index contributed by atoms with van der Waals surface area (Å²) in [5.74, 6) is 2.22. The van der Waals surface area contributed by atoms with Crippen molar-refractivity contribution in [3.8, 4) is 22.9 Å². The van der Waals surface area contributed by atoms with Crippen molar-refractivity contribution in [1.82, 2.24) is 15.2 Å². The van der Waals surface area contributed by atoms with E-state index in [1.165, 1.54) is 0 Å². The zero-order valence-electron chi connectivity index (χ0n) is 15.9. The second kappa shape index (κ2) is 8.48. The number of anilines is 1. The lowest BCUT2D eigenvalue weighted by Crippen LogP contribution is -2.17. The molecule has 1 aliphatic heterocycles. The van der Waals surface area contributed by atoms with Gasteiger partial charge < -0.3 is 14.8 Å². The highest BCUT2D eigenvalue weighted by molar-refractivity contribution is 7.99. The van der Waals surface area contributed by atoms with E-state index in [-0.39, 0.29) is 0 Å². The summed E-state index contributed by atoms with van der Waals surface area (Å²) in [5, 5.41) is 12.8. The molecule has 0 spiro atoms. The van der Waals surface area contributed by atoms with E-state index in [4.69, 9.17) is 9.47 Å². The number of rotatable bonds is 6. The van der Waals surface area contributed by atoms with Gasteiger partial charge in [-0.1, -0.05) is 55.4 Å². The molecule has 0 bridgehead atoms. The van der Waals surface area contributed by atoms with Crippen molar-refractivity contribution < 1.29 is 9.47 Å². The number of benzene rings is 2. The minimum Gasteiger partial charge on any atom is -0.497 e. The van der Waals surface area contributed by atoms with E-state index in [0.717, 1.165) is 41.2 Å². The van der Waals surface area contributed by atoms with Gasteiger partial charge in [-0.05, 0) is 24.6 Å². The van der Waals surface area contributed by atoms with E-state index in [1.807, 2.05) is 48.5 Å². The van der Waals surface area contributed by atoms with Gasteiger partial charge in [0.2, 0.25) is 11.0 Å². The number of nitrogens with zero attached hydrogens (tertiary/aromatic N) is 3. The van der Waals surface area contributed by atoms with E-state index in [0.29, 0.717) is 16.7 Å². The predicted octanol–water partition coefficient (Wildman–Crippen LogP) is 4.94. The van der Waals surface area contributed by atoms with Gasteiger partial charge >= 0.3 is 0 Å². The molecule has 2 heterocycles. The maximum Gasteiger partial charge on any atom is 0.247 e. The fourth-order valence-electron chi connectivity index (χ4n) is 2.97. The van der Waals surface area contributed by atoms with Crippen LogP contribution in [0.3, 0.4) is 0 Å². The summed E-state index contributed by atoms with van der Waals surface area (Å²) in [6.07, 6.45) is 1.84. The molecular weight excluding hydrogens is 372 g/mol. The standard InChI is InChI=1S/C21H22N4O2S/c1-3-4-12-28-21-23-20-18(24-25-21)16-10-5-6-11-17(16)22-19(27-20)14-8-7-9-15(13-14)26-2/h5-11,13,19,22H,3-4,12H2,1-2H3/t19-/m0/s1. The summed E-state index contributed by atoms with van der Waals surface area (Å²) < 4.78 is 11.6. The van der Waals surface area contributed by atoms with Gasteiger partial charge in [-0.2, -0.15) is 4.98 Å². The number of ether oxygens (including phenoxy) is 2. The Bertz CT molecular complexity index is 967. The molecule has 144 valence electrons. The number of methoxy groups -OCH3 is 1. The molecule has 1 N–H and O–H groups in total. The van der Waals surface area contributed by atoms with Crippen LogP contribution in [0.2, 0.25) is 0 Å². The molecule has 0 radical (unpaired) electrons. The normalized spacial score (nSPS) is 14.9. The summed E-state index contributed by atoms with van der Waals surface area (Å²) in [6.45, 7) is 2.17. The molecule has 0 amide bonds. The Labute approximate surface area is 168 Å². The summed E-state index contributed by atoms with van der Waals surface area (Å²) in [5.41, 5.74) is 3.44. The highest BCUT2D eigenvalue weighted by atomic mass is 32.2. The Kier molecular flexibility index (Phi) is 5.62. The van der Waals surface area contributed by atoms with Crippen molar-refractivity contribution in [2.45, 2.75) is 31.1 Å². The van der Waals surface area contributed by atoms with Gasteiger partial charge in [-0.3, -0.25) is 0 Å². The van der Waals surface area contributed by atoms with Gasteiger partial charge in [-0.15, -0.1) is 10.2 Å². The first-order valence-electron chi connectivity index (χ1n) is 9.32. The van der Waals surface area contributed by atoms with Crippen molar-refractivity contribution in [2.75, 3.05) is 18.2 Å². The molecular formula is C21H22N4O2S. The van der Waals surface area contributed by atoms with Crippen LogP contribution in [0.5, 0.6) is 11.6 Å². The van der Waals surface area contributed by atoms with Crippen molar-refractivity contribution >= 4 is 17.4 Å². The second-order valence-corrected chi connectivity index (χ2v) is 7.48. The molecule has 0 saturated heterocycles. The number of hydrogen-bond donors (Lipinski definition) is 1. The summed E-state index contributed by atoms with van der Waals surface area (Å²) in [6, 6.07) is 15.8. The van der Waals surface area contributed by atoms with Crippen LogP contribution in [-0.2, 0) is 0 Å². The van der Waals surface area contributed by atoms with Crippen molar-refractivity contribution in [3.05, 3.63) is 54.1 Å². The first-order valence-corrected chi connectivity index (χ1v) is 10.3. The largest absolute Gasteiger partial charge is 0.497 e. The maximum absolute atomic E-state index is 6.28. The number of fused-ring (bicyclic) bond motifs is 3. The Hall–Kier alpha value is -2.80. The summed E-state index contributed by atoms with van der Waals surface area (Å²) >= 11 is 1.60. The number of nitrogens with one attached hydrogen (secondary N) is 1. The molecule has 4 rings (SSSR count). The Morgan fingerprint density at radius 2 is 2.04 bits per heavy atom. The fourth-order valence-corrected chi connectivity index (χ4v) is 3.83. The first kappa shape index (κ1) is 18.6. The van der Waals surface area contributed by atoms with Crippen LogP contribution in [0.15, 0.2) is 53.7 Å². The Balaban J connectivity index is 1.73. The average molecular weight is 395 g/mol. The lowest BCUT2D eigenvalue weighted by Gasteiger charge is -2.19. The average Bonchev–Trinajstić information content (AvgIpc) is 2.90. The minimum atomic E-state index is -0.414. The van der Waals surface area contributed by atoms with Gasteiger partial charge in [0.15, 0.2) is 11.9 Å². The highest BCUT2D eigenvalue weighted by Crippen LogP contribution is 2.39. The molecule has 2 aromatic carbocycles. The molecule has 0 saturated carbocycles. The zero-order chi connectivity index (χ0) is 19.3. The molecule has 3 aromatic rings. The number of unbranched alkanes of at least 4 members (excludes halogenated alkanes) is 1. The first-order chi connectivity index (χ1) is 13.8. The molecule has 1 aromatic heterocycles. The molecule has 6 nitrogen and oxygen atoms in total. The van der Waals surface area contributed by atoms with Crippen LogP contribution in [0.1, 0.15) is 31.6 Å². The fraction of sp³-hybridized carbons (Fsp3) is 0.286. The lowest BCUT2D eigenvalue weighted by molar-refractivity contribution is 0.224. The van der Waals surface area contributed by atoms with E-state index in [2.05, 4.69) is 27.4 Å². The third-order valence-electron chi connectivity index (χ3n) is 4.46. The van der Waals surface area contributed by atoms with E-state index in [1.54, 1.807) is 18.9 Å². The molecule has 1 atom stereocenters. The highest BCUT2D eigenvalue weighted by Gasteiger charge is 2.26. The van der Waals surface area contributed by atoms with E-state index in [9.17, 15) is 0 Å². The quantitative estimate of drug-likeness (QED) is 0.469. The third kappa shape index (κ3) is 3.89. The molecule has 7 heteroatoms. The molecule has 0 fully saturated rings. The zero-order valence-corrected chi connectivity index (χ0v) is 16.7. The van der Waals surface area contributed by atoms with Gasteiger partial charge in [0.25, 0.3) is 0 Å². The molecule has 28 heavy (non-hydrogen) atoms.